The van der Waals surface area contributed by atoms with Crippen LogP contribution >= 0.6 is 0 Å². The van der Waals surface area contributed by atoms with Gasteiger partial charge in [-0.2, -0.15) is 0 Å². The number of hydrogen-bond acceptors (Lipinski definition) is 2. The number of rotatable bonds is 5. The van der Waals surface area contributed by atoms with Gasteiger partial charge in [0.05, 0.1) is 0 Å². The second kappa shape index (κ2) is 4.33. The van der Waals surface area contributed by atoms with Gasteiger partial charge in [0.15, 0.2) is 0 Å². The Morgan fingerprint density at radius 3 is 2.53 bits per heavy atom. The van der Waals surface area contributed by atoms with Crippen molar-refractivity contribution in [3.63, 3.8) is 0 Å². The Balaban J connectivity index is 2.54. The van der Waals surface area contributed by atoms with Gasteiger partial charge in [0, 0.05) is 13.1 Å². The molecule has 1 rings (SSSR count). The average molecular weight is 212 g/mol. The Labute approximate surface area is 88.8 Å². The smallest absolute Gasteiger partial charge is 0.329 e. The Kier molecular flexibility index (Phi) is 3.34. The normalized spacial score (nSPS) is 16.6. The SMILES string of the molecule is C=CCN(CC)C(=O)NC1(C(=O)O)CC1. The molecule has 2 N–H and O–H groups in total. The van der Waals surface area contributed by atoms with Crippen molar-refractivity contribution in [1.29, 1.82) is 0 Å². The van der Waals surface area contributed by atoms with Crippen LogP contribution in [0, 0.1) is 0 Å². The molecule has 0 aromatic rings. The summed E-state index contributed by atoms with van der Waals surface area (Å²) in [6.07, 6.45) is 2.64. The number of carbonyl (C=O) groups excluding carboxylic acids is 1. The van der Waals surface area contributed by atoms with Gasteiger partial charge in [0.25, 0.3) is 0 Å². The lowest BCUT2D eigenvalue weighted by Gasteiger charge is -2.22. The summed E-state index contributed by atoms with van der Waals surface area (Å²) in [5.41, 5.74) is -1.01. The molecule has 1 fully saturated rings. The van der Waals surface area contributed by atoms with Crippen LogP contribution in [0.4, 0.5) is 4.79 Å². The van der Waals surface area contributed by atoms with E-state index in [0.29, 0.717) is 25.9 Å². The first kappa shape index (κ1) is 11.6. The summed E-state index contributed by atoms with van der Waals surface area (Å²) < 4.78 is 0. The fourth-order valence-corrected chi connectivity index (χ4v) is 1.31. The van der Waals surface area contributed by atoms with E-state index in [0.717, 1.165) is 0 Å². The molecule has 15 heavy (non-hydrogen) atoms. The minimum Gasteiger partial charge on any atom is -0.480 e. The van der Waals surface area contributed by atoms with E-state index in [1.807, 2.05) is 6.92 Å². The molecule has 1 saturated carbocycles. The number of hydrogen-bond donors (Lipinski definition) is 2. The lowest BCUT2D eigenvalue weighted by atomic mass is 10.3. The van der Waals surface area contributed by atoms with Gasteiger partial charge in [-0.05, 0) is 19.8 Å². The van der Waals surface area contributed by atoms with Gasteiger partial charge < -0.3 is 15.3 Å². The topological polar surface area (TPSA) is 69.6 Å². The van der Waals surface area contributed by atoms with Gasteiger partial charge in [-0.1, -0.05) is 6.08 Å². The van der Waals surface area contributed by atoms with Crippen molar-refractivity contribution >= 4 is 12.0 Å². The first-order valence-electron chi connectivity index (χ1n) is 4.97. The molecule has 0 unspecified atom stereocenters. The lowest BCUT2D eigenvalue weighted by molar-refractivity contribution is -0.140. The highest BCUT2D eigenvalue weighted by Crippen LogP contribution is 2.35. The molecule has 5 heteroatoms. The van der Waals surface area contributed by atoms with Crippen LogP contribution in [-0.4, -0.2) is 40.6 Å². The average Bonchev–Trinajstić information content (AvgIpc) is 2.95. The van der Waals surface area contributed by atoms with E-state index in [2.05, 4.69) is 11.9 Å². The van der Waals surface area contributed by atoms with Crippen LogP contribution in [0.25, 0.3) is 0 Å². The molecule has 0 atom stereocenters. The maximum atomic E-state index is 11.6. The molecular formula is C10H16N2O3. The third-order valence-electron chi connectivity index (χ3n) is 2.52. The van der Waals surface area contributed by atoms with Gasteiger partial charge >= 0.3 is 12.0 Å². The Morgan fingerprint density at radius 2 is 2.20 bits per heavy atom. The number of carboxylic acid groups (broad SMARTS) is 1. The predicted octanol–water partition coefficient (Wildman–Crippen LogP) is 0.821. The highest BCUT2D eigenvalue weighted by molar-refractivity contribution is 5.88. The van der Waals surface area contributed by atoms with Crippen molar-refractivity contribution in [1.82, 2.24) is 10.2 Å². The molecule has 0 radical (unpaired) electrons. The van der Waals surface area contributed by atoms with E-state index in [1.165, 1.54) is 4.90 Å². The number of nitrogens with one attached hydrogen (secondary N) is 1. The summed E-state index contributed by atoms with van der Waals surface area (Å²) in [5.74, 6) is -0.953. The predicted molar refractivity (Wildman–Crippen MR) is 55.6 cm³/mol. The summed E-state index contributed by atoms with van der Waals surface area (Å²) in [6, 6.07) is -0.336. The number of carboxylic acids is 1. The molecule has 84 valence electrons. The maximum Gasteiger partial charge on any atom is 0.329 e. The summed E-state index contributed by atoms with van der Waals surface area (Å²) in [7, 11) is 0. The maximum absolute atomic E-state index is 11.6. The fraction of sp³-hybridized carbons (Fsp3) is 0.600. The number of carbonyl (C=O) groups is 2. The minimum absolute atomic E-state index is 0.336. The van der Waals surface area contributed by atoms with E-state index >= 15 is 0 Å². The molecule has 0 saturated heterocycles. The molecule has 1 aliphatic carbocycles. The Morgan fingerprint density at radius 1 is 1.60 bits per heavy atom. The molecule has 5 nitrogen and oxygen atoms in total. The molecule has 0 aliphatic heterocycles. The van der Waals surface area contributed by atoms with E-state index in [1.54, 1.807) is 6.08 Å². The van der Waals surface area contributed by atoms with Crippen molar-refractivity contribution in [2.75, 3.05) is 13.1 Å². The van der Waals surface area contributed by atoms with Crippen LogP contribution in [0.15, 0.2) is 12.7 Å². The zero-order chi connectivity index (χ0) is 11.5. The van der Waals surface area contributed by atoms with Gasteiger partial charge in [-0.15, -0.1) is 6.58 Å². The van der Waals surface area contributed by atoms with Crippen LogP contribution in [0.3, 0.4) is 0 Å². The number of urea groups is 1. The summed E-state index contributed by atoms with van der Waals surface area (Å²) >= 11 is 0. The second-order valence-corrected chi connectivity index (χ2v) is 3.64. The Bertz CT molecular complexity index is 284. The van der Waals surface area contributed by atoms with Crippen molar-refractivity contribution in [3.05, 3.63) is 12.7 Å². The molecule has 1 aliphatic rings. The largest absolute Gasteiger partial charge is 0.480 e. The summed E-state index contributed by atoms with van der Waals surface area (Å²) in [4.78, 5) is 24.0. The van der Waals surface area contributed by atoms with Crippen LogP contribution in [0.1, 0.15) is 19.8 Å². The molecule has 0 spiro atoms. The van der Waals surface area contributed by atoms with Crippen molar-refractivity contribution in [2.45, 2.75) is 25.3 Å². The fourth-order valence-electron chi connectivity index (χ4n) is 1.31. The monoisotopic (exact) mass is 212 g/mol. The van der Waals surface area contributed by atoms with Gasteiger partial charge in [-0.3, -0.25) is 0 Å². The highest BCUT2D eigenvalue weighted by Gasteiger charge is 2.52. The van der Waals surface area contributed by atoms with Crippen LogP contribution in [0.2, 0.25) is 0 Å². The molecule has 2 amide bonds. The van der Waals surface area contributed by atoms with Crippen LogP contribution in [-0.2, 0) is 4.79 Å². The van der Waals surface area contributed by atoms with Crippen molar-refractivity contribution < 1.29 is 14.7 Å². The summed E-state index contributed by atoms with van der Waals surface area (Å²) in [6.45, 7) is 6.34. The molecule has 0 aromatic heterocycles. The van der Waals surface area contributed by atoms with Crippen LogP contribution < -0.4 is 5.32 Å². The standard InChI is InChI=1S/C10H16N2O3/c1-3-7-12(4-2)9(15)11-10(5-6-10)8(13)14/h3H,1,4-7H2,2H3,(H,11,15)(H,13,14). The van der Waals surface area contributed by atoms with Gasteiger partial charge in [0.1, 0.15) is 5.54 Å². The van der Waals surface area contributed by atoms with Crippen molar-refractivity contribution in [3.8, 4) is 0 Å². The third kappa shape index (κ3) is 2.49. The van der Waals surface area contributed by atoms with Crippen LogP contribution in [0.5, 0.6) is 0 Å². The number of aliphatic carboxylic acids is 1. The van der Waals surface area contributed by atoms with E-state index in [9.17, 15) is 9.59 Å². The third-order valence-corrected chi connectivity index (χ3v) is 2.52. The second-order valence-electron chi connectivity index (χ2n) is 3.64. The summed E-state index contributed by atoms with van der Waals surface area (Å²) in [5, 5.41) is 11.4. The molecular weight excluding hydrogens is 196 g/mol. The van der Waals surface area contributed by atoms with E-state index < -0.39 is 11.5 Å². The molecule has 0 bridgehead atoms. The molecule has 0 aromatic carbocycles. The quantitative estimate of drug-likeness (QED) is 0.663. The van der Waals surface area contributed by atoms with Gasteiger partial charge in [0.2, 0.25) is 0 Å². The zero-order valence-electron chi connectivity index (χ0n) is 8.82. The zero-order valence-corrected chi connectivity index (χ0v) is 8.82. The number of amides is 2. The number of likely N-dealkylation sites (N-methyl/N-ethyl adjacent to an activating group) is 1. The number of nitrogens with zero attached hydrogens (tertiary/aromatic N) is 1. The van der Waals surface area contributed by atoms with E-state index in [4.69, 9.17) is 5.11 Å². The van der Waals surface area contributed by atoms with Gasteiger partial charge in [-0.25, -0.2) is 9.59 Å². The lowest BCUT2D eigenvalue weighted by Crippen LogP contribution is -2.49. The molecule has 0 heterocycles. The highest BCUT2D eigenvalue weighted by atomic mass is 16.4. The first-order valence-corrected chi connectivity index (χ1v) is 4.97. The first-order chi connectivity index (χ1) is 7.05. The van der Waals surface area contributed by atoms with E-state index in [-0.39, 0.29) is 6.03 Å². The Hall–Kier alpha value is -1.52. The minimum atomic E-state index is -1.01. The van der Waals surface area contributed by atoms with Crippen molar-refractivity contribution in [2.24, 2.45) is 0 Å².